The summed E-state index contributed by atoms with van der Waals surface area (Å²) in [4.78, 5) is 14.0. The molecule has 3 aliphatic carbocycles. The average molecular weight is 785 g/mol. The minimum Gasteiger partial charge on any atom is -0.369 e. The van der Waals surface area contributed by atoms with E-state index in [1.165, 1.54) is 87.5 Å². The molecule has 1 saturated heterocycles. The van der Waals surface area contributed by atoms with Gasteiger partial charge in [0.15, 0.2) is 0 Å². The first-order chi connectivity index (χ1) is 27.2. The third-order valence-electron chi connectivity index (χ3n) is 12.4. The Hall–Kier alpha value is -3.57. The molecule has 6 atom stereocenters. The highest BCUT2D eigenvalue weighted by Gasteiger charge is 2.67. The van der Waals surface area contributed by atoms with Gasteiger partial charge in [0, 0.05) is 36.8 Å². The molecular weight excluding hydrogens is 697 g/mol. The van der Waals surface area contributed by atoms with Gasteiger partial charge in [-0.1, -0.05) is 137 Å². The SMILES string of the molecule is C#C.C#CCCC(C)C(=C)C(=O)NCC=C.C=C(C)CCC(NC(=C)NC(C(=C)N1C[C@H]2[C@@H](C1C(=C)C)C2(C)C)C1CCCCC1)C1CCCCC1.CC.CCC. The molecule has 0 aromatic carbocycles. The molecular formula is C52H88N4O. The molecule has 5 nitrogen and oxygen atoms in total. The maximum Gasteiger partial charge on any atom is 0.247 e. The summed E-state index contributed by atoms with van der Waals surface area (Å²) >= 11 is 0. The predicted octanol–water partition coefficient (Wildman–Crippen LogP) is 12.5. The van der Waals surface area contributed by atoms with E-state index in [9.17, 15) is 4.79 Å². The molecule has 1 heterocycles. The molecule has 0 radical (unpaired) electrons. The van der Waals surface area contributed by atoms with Crippen molar-refractivity contribution in [3.05, 3.63) is 73.8 Å². The summed E-state index contributed by atoms with van der Waals surface area (Å²) < 4.78 is 0. The summed E-state index contributed by atoms with van der Waals surface area (Å²) in [6, 6.07) is 1.16. The van der Waals surface area contributed by atoms with Crippen LogP contribution in [0.15, 0.2) is 73.8 Å². The van der Waals surface area contributed by atoms with Gasteiger partial charge < -0.3 is 20.9 Å². The van der Waals surface area contributed by atoms with Crippen LogP contribution in [0.4, 0.5) is 0 Å². The fourth-order valence-electron chi connectivity index (χ4n) is 9.06. The summed E-state index contributed by atoms with van der Waals surface area (Å²) in [5.41, 5.74) is 4.88. The molecule has 322 valence electrons. The van der Waals surface area contributed by atoms with Crippen LogP contribution < -0.4 is 16.0 Å². The van der Waals surface area contributed by atoms with Gasteiger partial charge in [0.2, 0.25) is 5.91 Å². The topological polar surface area (TPSA) is 56.4 Å². The van der Waals surface area contributed by atoms with Crippen LogP contribution in [0.2, 0.25) is 0 Å². The standard InChI is InChI=1S/C33H55N3.C12H17NO.C3H8.C2H6.C2H2/c1-22(2)19-20-29(26-15-11-9-12-16-26)34-25(6)35-31(27-17-13-10-14-18-27)24(5)36-21-28-30(33(28,7)8)32(36)23(3)4;1-5-7-8-10(3)11(4)12(14)13-9-6-2;1-3-2;2*1-2/h26-32,34-35H,1,3,5-6,9-21H2,2,4,7-8H3;1,6,10H,2,4,7-9H2,3H3,(H,13,14);3H2,1-2H3;1-2H3;1-2H/t28-,29?,30-,31?,32?;;;;/m0..../s1. The third-order valence-corrected chi connectivity index (χ3v) is 12.4. The number of hydrogen-bond donors (Lipinski definition) is 3. The second kappa shape index (κ2) is 28.8. The fraction of sp³-hybridized carbons (Fsp3) is 0.673. The van der Waals surface area contributed by atoms with Gasteiger partial charge in [0.1, 0.15) is 0 Å². The van der Waals surface area contributed by atoms with E-state index in [1.54, 1.807) is 6.08 Å². The monoisotopic (exact) mass is 785 g/mol. The normalized spacial score (nSPS) is 21.9. The third kappa shape index (κ3) is 17.4. The van der Waals surface area contributed by atoms with Crippen molar-refractivity contribution >= 4 is 5.91 Å². The van der Waals surface area contributed by atoms with Gasteiger partial charge in [-0.3, -0.25) is 4.79 Å². The molecule has 4 fully saturated rings. The summed E-state index contributed by atoms with van der Waals surface area (Å²) in [6.45, 7) is 46.3. The fourth-order valence-corrected chi connectivity index (χ4v) is 9.06. The van der Waals surface area contributed by atoms with E-state index >= 15 is 0 Å². The maximum atomic E-state index is 11.4. The Labute approximate surface area is 354 Å². The highest BCUT2D eigenvalue weighted by Crippen LogP contribution is 2.66. The molecule has 57 heavy (non-hydrogen) atoms. The number of nitrogens with one attached hydrogen (secondary N) is 3. The van der Waals surface area contributed by atoms with Crippen molar-refractivity contribution in [2.24, 2.45) is 35.0 Å². The molecule has 0 bridgehead atoms. The van der Waals surface area contributed by atoms with Crippen LogP contribution in [0.25, 0.3) is 0 Å². The minimum atomic E-state index is -0.116. The van der Waals surface area contributed by atoms with Crippen LogP contribution in [0, 0.1) is 60.2 Å². The molecule has 1 aliphatic heterocycles. The molecule has 1 amide bonds. The summed E-state index contributed by atoms with van der Waals surface area (Å²) in [7, 11) is 0. The molecule has 0 aromatic rings. The number of terminal acetylenes is 2. The van der Waals surface area contributed by atoms with Crippen LogP contribution in [0.5, 0.6) is 0 Å². The van der Waals surface area contributed by atoms with Crippen molar-refractivity contribution in [3.63, 3.8) is 0 Å². The van der Waals surface area contributed by atoms with Gasteiger partial charge in [-0.25, -0.2) is 0 Å². The van der Waals surface area contributed by atoms with E-state index in [0.717, 1.165) is 49.4 Å². The Morgan fingerprint density at radius 3 is 1.89 bits per heavy atom. The van der Waals surface area contributed by atoms with E-state index in [4.69, 9.17) is 13.0 Å². The number of fused-ring (bicyclic) bond motifs is 1. The zero-order chi connectivity index (χ0) is 43.7. The Morgan fingerprint density at radius 2 is 1.42 bits per heavy atom. The number of carbonyl (C=O) groups excluding carboxylic acids is 1. The van der Waals surface area contributed by atoms with Gasteiger partial charge >= 0.3 is 0 Å². The number of likely N-dealkylation sites (tertiary alicyclic amines) is 1. The number of piperidine rings is 1. The van der Waals surface area contributed by atoms with Gasteiger partial charge in [0.05, 0.1) is 17.9 Å². The highest BCUT2D eigenvalue weighted by molar-refractivity contribution is 5.93. The lowest BCUT2D eigenvalue weighted by Crippen LogP contribution is -2.50. The summed E-state index contributed by atoms with van der Waals surface area (Å²) in [5, 5.41) is 10.5. The van der Waals surface area contributed by atoms with E-state index in [-0.39, 0.29) is 17.9 Å². The number of rotatable bonds is 18. The lowest BCUT2D eigenvalue weighted by Gasteiger charge is -2.42. The van der Waals surface area contributed by atoms with Gasteiger partial charge in [-0.2, -0.15) is 0 Å². The van der Waals surface area contributed by atoms with Crippen molar-refractivity contribution < 1.29 is 4.79 Å². The first kappa shape index (κ1) is 53.4. The molecule has 3 N–H and O–H groups in total. The van der Waals surface area contributed by atoms with Gasteiger partial charge in [0.25, 0.3) is 0 Å². The van der Waals surface area contributed by atoms with Crippen LogP contribution >= 0.6 is 0 Å². The largest absolute Gasteiger partial charge is 0.369 e. The zero-order valence-corrected chi connectivity index (χ0v) is 38.5. The summed E-state index contributed by atoms with van der Waals surface area (Å²) in [5.74, 6) is 6.42. The van der Waals surface area contributed by atoms with Crippen molar-refractivity contribution in [1.29, 1.82) is 0 Å². The van der Waals surface area contributed by atoms with E-state index in [1.807, 2.05) is 20.8 Å². The van der Waals surface area contributed by atoms with Gasteiger partial charge in [-0.15, -0.1) is 38.3 Å². The molecule has 4 unspecified atom stereocenters. The second-order valence-corrected chi connectivity index (χ2v) is 17.4. The zero-order valence-electron chi connectivity index (χ0n) is 38.5. The van der Waals surface area contributed by atoms with Crippen molar-refractivity contribution in [3.8, 4) is 25.2 Å². The number of hydrogen-bond acceptors (Lipinski definition) is 4. The Kier molecular flexibility index (Phi) is 27.0. The smallest absolute Gasteiger partial charge is 0.247 e. The minimum absolute atomic E-state index is 0.116. The van der Waals surface area contributed by atoms with E-state index in [0.29, 0.717) is 42.0 Å². The van der Waals surface area contributed by atoms with Crippen LogP contribution in [0.3, 0.4) is 0 Å². The van der Waals surface area contributed by atoms with E-state index < -0.39 is 0 Å². The van der Waals surface area contributed by atoms with Crippen LogP contribution in [-0.2, 0) is 4.79 Å². The number of amides is 1. The average Bonchev–Trinajstić information content (AvgIpc) is 3.50. The van der Waals surface area contributed by atoms with Crippen LogP contribution in [0.1, 0.15) is 159 Å². The first-order valence-electron chi connectivity index (χ1n) is 22.5. The summed E-state index contributed by atoms with van der Waals surface area (Å²) in [6.07, 6.45) is 33.2. The Balaban J connectivity index is 0.00000125. The number of nitrogens with zero attached hydrogens (tertiary/aromatic N) is 1. The molecule has 0 aromatic heterocycles. The molecule has 5 heteroatoms. The number of carbonyl (C=O) groups is 1. The number of allylic oxidation sites excluding steroid dienone is 1. The van der Waals surface area contributed by atoms with Crippen molar-refractivity contribution in [1.82, 2.24) is 20.9 Å². The van der Waals surface area contributed by atoms with Gasteiger partial charge in [-0.05, 0) is 93.8 Å². The quantitative estimate of drug-likeness (QED) is 0.0736. The molecule has 4 aliphatic rings. The molecule has 4 rings (SSSR count). The molecule has 0 spiro atoms. The second-order valence-electron chi connectivity index (χ2n) is 17.4. The van der Waals surface area contributed by atoms with E-state index in [2.05, 4.69) is 114 Å². The predicted molar refractivity (Wildman–Crippen MR) is 252 cm³/mol. The van der Waals surface area contributed by atoms with Crippen LogP contribution in [-0.4, -0.2) is 42.0 Å². The van der Waals surface area contributed by atoms with Crippen molar-refractivity contribution in [2.45, 2.75) is 177 Å². The Morgan fingerprint density at radius 1 is 0.895 bits per heavy atom. The molecule has 3 saturated carbocycles. The lowest BCUT2D eigenvalue weighted by molar-refractivity contribution is -0.117. The highest BCUT2D eigenvalue weighted by atomic mass is 16.1. The van der Waals surface area contributed by atoms with Crippen molar-refractivity contribution in [2.75, 3.05) is 13.1 Å². The lowest BCUT2D eigenvalue weighted by atomic mass is 9.81. The first-order valence-corrected chi connectivity index (χ1v) is 22.5. The maximum absolute atomic E-state index is 11.4. The Bertz CT molecular complexity index is 1320.